The summed E-state index contributed by atoms with van der Waals surface area (Å²) in [4.78, 5) is 4.75. The van der Waals surface area contributed by atoms with Crippen LogP contribution in [-0.4, -0.2) is 41.9 Å². The molecule has 5 nitrogen and oxygen atoms in total. The second-order valence-corrected chi connectivity index (χ2v) is 12.7. The lowest BCUT2D eigenvalue weighted by molar-refractivity contribution is 0.222. The van der Waals surface area contributed by atoms with E-state index >= 15 is 0 Å². The van der Waals surface area contributed by atoms with Gasteiger partial charge in [0.05, 0.1) is 28.9 Å². The fourth-order valence-corrected chi connectivity index (χ4v) is 6.75. The first kappa shape index (κ1) is 28.9. The number of hydrogen-bond acceptors (Lipinski definition) is 6. The Balaban J connectivity index is 1.76. The second-order valence-electron chi connectivity index (χ2n) is 9.43. The van der Waals surface area contributed by atoms with Crippen molar-refractivity contribution < 1.29 is 13.5 Å². The van der Waals surface area contributed by atoms with E-state index in [-0.39, 0.29) is 17.3 Å². The summed E-state index contributed by atoms with van der Waals surface area (Å²) in [7, 11) is -3.35. The summed E-state index contributed by atoms with van der Waals surface area (Å²) in [6.45, 7) is 4.17. The van der Waals surface area contributed by atoms with Crippen molar-refractivity contribution in [3.63, 3.8) is 0 Å². The lowest BCUT2D eigenvalue weighted by Gasteiger charge is -2.15. The molecular weight excluding hydrogens is 500 g/mol. The van der Waals surface area contributed by atoms with Crippen LogP contribution in [0.4, 0.5) is 0 Å². The summed E-state index contributed by atoms with van der Waals surface area (Å²) in [5.41, 5.74) is 4.87. The van der Waals surface area contributed by atoms with Crippen molar-refractivity contribution in [1.29, 1.82) is 5.26 Å². The lowest BCUT2D eigenvalue weighted by Crippen LogP contribution is -2.25. The van der Waals surface area contributed by atoms with E-state index in [1.165, 1.54) is 18.2 Å². The highest BCUT2D eigenvalue weighted by atomic mass is 32.2. The second kappa shape index (κ2) is 14.3. The van der Waals surface area contributed by atoms with Crippen molar-refractivity contribution in [2.24, 2.45) is 0 Å². The molecule has 3 aromatic rings. The van der Waals surface area contributed by atoms with Crippen molar-refractivity contribution in [2.45, 2.75) is 63.5 Å². The Labute approximate surface area is 225 Å². The number of thioether (sulfide) groups is 1. The molecule has 1 N–H and O–H groups in total. The molecule has 2 aromatic carbocycles. The zero-order valence-corrected chi connectivity index (χ0v) is 23.3. The van der Waals surface area contributed by atoms with Gasteiger partial charge in [-0.05, 0) is 25.0 Å². The van der Waals surface area contributed by atoms with E-state index in [0.29, 0.717) is 17.0 Å². The van der Waals surface area contributed by atoms with E-state index in [4.69, 9.17) is 4.98 Å². The minimum Gasteiger partial charge on any atom is -0.391 e. The standard InChI is InChI=1S/C30H36N2O3S2/c1-3-4-5-6-7-11-18-37(34,35)22-26(33)21-36-30-28(20-31)27(24-16-14-23(2)15-17-24)19-29(32-30)25-12-9-8-10-13-25/h8-10,12-17,19,26,33H,3-7,11,18,21-22H2,1-2H3/t26-/m1/s1. The van der Waals surface area contributed by atoms with Gasteiger partial charge in [-0.15, -0.1) is 11.8 Å². The van der Waals surface area contributed by atoms with Gasteiger partial charge in [-0.25, -0.2) is 13.4 Å². The van der Waals surface area contributed by atoms with Crippen LogP contribution in [0.2, 0.25) is 0 Å². The van der Waals surface area contributed by atoms with Gasteiger partial charge in [0.25, 0.3) is 0 Å². The summed E-state index contributed by atoms with van der Waals surface area (Å²) in [5.74, 6) is -0.0351. The zero-order valence-electron chi connectivity index (χ0n) is 21.7. The van der Waals surface area contributed by atoms with Crippen LogP contribution in [0.15, 0.2) is 65.7 Å². The van der Waals surface area contributed by atoms with Crippen molar-refractivity contribution in [3.05, 3.63) is 71.8 Å². The summed E-state index contributed by atoms with van der Waals surface area (Å²) >= 11 is 1.23. The number of aliphatic hydroxyl groups excluding tert-OH is 1. The van der Waals surface area contributed by atoms with Crippen molar-refractivity contribution in [1.82, 2.24) is 4.98 Å². The van der Waals surface area contributed by atoms with E-state index in [1.807, 2.05) is 67.6 Å². The Morgan fingerprint density at radius 3 is 2.32 bits per heavy atom. The lowest BCUT2D eigenvalue weighted by atomic mass is 9.98. The minimum absolute atomic E-state index is 0.101. The summed E-state index contributed by atoms with van der Waals surface area (Å²) in [6.07, 6.45) is 5.01. The van der Waals surface area contributed by atoms with Gasteiger partial charge in [-0.3, -0.25) is 0 Å². The number of hydrogen-bond donors (Lipinski definition) is 1. The number of aryl methyl sites for hydroxylation is 1. The highest BCUT2D eigenvalue weighted by Crippen LogP contribution is 2.34. The maximum absolute atomic E-state index is 12.5. The van der Waals surface area contributed by atoms with Gasteiger partial charge in [0.2, 0.25) is 0 Å². The molecule has 196 valence electrons. The van der Waals surface area contributed by atoms with Crippen molar-refractivity contribution in [3.8, 4) is 28.5 Å². The van der Waals surface area contributed by atoms with Crippen LogP contribution in [0.1, 0.15) is 56.6 Å². The van der Waals surface area contributed by atoms with E-state index in [1.54, 1.807) is 0 Å². The SMILES string of the molecule is CCCCCCCCS(=O)(=O)C[C@H](O)CSc1nc(-c2ccccc2)cc(-c2ccc(C)cc2)c1C#N. The highest BCUT2D eigenvalue weighted by Gasteiger charge is 2.20. The molecule has 1 aromatic heterocycles. The maximum Gasteiger partial charge on any atom is 0.152 e. The van der Waals surface area contributed by atoms with E-state index in [9.17, 15) is 18.8 Å². The van der Waals surface area contributed by atoms with Crippen LogP contribution in [-0.2, 0) is 9.84 Å². The van der Waals surface area contributed by atoms with Gasteiger partial charge in [0.15, 0.2) is 9.84 Å². The molecule has 0 fully saturated rings. The molecule has 0 radical (unpaired) electrons. The first-order valence-corrected chi connectivity index (χ1v) is 15.7. The molecule has 37 heavy (non-hydrogen) atoms. The average molecular weight is 537 g/mol. The molecular formula is C30H36N2O3S2. The Morgan fingerprint density at radius 1 is 0.973 bits per heavy atom. The van der Waals surface area contributed by atoms with Crippen LogP contribution in [0.3, 0.4) is 0 Å². The molecule has 0 aliphatic heterocycles. The molecule has 0 aliphatic rings. The smallest absolute Gasteiger partial charge is 0.152 e. The molecule has 0 aliphatic carbocycles. The van der Waals surface area contributed by atoms with Crippen LogP contribution in [0, 0.1) is 18.3 Å². The third-order valence-electron chi connectivity index (χ3n) is 6.20. The van der Waals surface area contributed by atoms with Gasteiger partial charge < -0.3 is 5.11 Å². The minimum atomic E-state index is -3.35. The molecule has 0 amide bonds. The number of nitriles is 1. The van der Waals surface area contributed by atoms with Crippen LogP contribution in [0.5, 0.6) is 0 Å². The number of unbranched alkanes of at least 4 members (excludes halogenated alkanes) is 5. The number of pyridine rings is 1. The van der Waals surface area contributed by atoms with Gasteiger partial charge >= 0.3 is 0 Å². The number of aromatic nitrogens is 1. The van der Waals surface area contributed by atoms with E-state index < -0.39 is 15.9 Å². The number of aliphatic hydroxyl groups is 1. The van der Waals surface area contributed by atoms with E-state index in [0.717, 1.165) is 53.6 Å². The number of nitrogens with zero attached hydrogens (tertiary/aromatic N) is 2. The molecule has 0 spiro atoms. The van der Waals surface area contributed by atoms with Gasteiger partial charge in [0, 0.05) is 16.9 Å². The van der Waals surface area contributed by atoms with Gasteiger partial charge in [0.1, 0.15) is 11.1 Å². The Kier molecular flexibility index (Phi) is 11.2. The fraction of sp³-hybridized carbons (Fsp3) is 0.400. The average Bonchev–Trinajstić information content (AvgIpc) is 2.89. The van der Waals surface area contributed by atoms with E-state index in [2.05, 4.69) is 13.0 Å². The van der Waals surface area contributed by atoms with Crippen molar-refractivity contribution in [2.75, 3.05) is 17.3 Å². The van der Waals surface area contributed by atoms with Crippen molar-refractivity contribution >= 4 is 21.6 Å². The zero-order chi connectivity index (χ0) is 26.7. The highest BCUT2D eigenvalue weighted by molar-refractivity contribution is 7.99. The quantitative estimate of drug-likeness (QED) is 0.179. The Bertz CT molecular complexity index is 1280. The summed E-state index contributed by atoms with van der Waals surface area (Å²) in [5, 5.41) is 21.1. The topological polar surface area (TPSA) is 91.1 Å². The summed E-state index contributed by atoms with van der Waals surface area (Å²) in [6, 6.07) is 21.9. The molecule has 0 bridgehead atoms. The third kappa shape index (κ3) is 8.99. The summed E-state index contributed by atoms with van der Waals surface area (Å²) < 4.78 is 25.1. The number of benzene rings is 2. The van der Waals surface area contributed by atoms with Crippen LogP contribution in [0.25, 0.3) is 22.4 Å². The molecule has 0 saturated heterocycles. The Hall–Kier alpha value is -2.66. The molecule has 1 atom stereocenters. The van der Waals surface area contributed by atoms with Gasteiger partial charge in [-0.1, -0.05) is 99.2 Å². The first-order valence-electron chi connectivity index (χ1n) is 12.9. The van der Waals surface area contributed by atoms with Crippen LogP contribution < -0.4 is 0 Å². The number of sulfone groups is 1. The fourth-order valence-electron chi connectivity index (χ4n) is 4.15. The first-order chi connectivity index (χ1) is 17.8. The predicted molar refractivity (Wildman–Crippen MR) is 153 cm³/mol. The van der Waals surface area contributed by atoms with Crippen LogP contribution >= 0.6 is 11.8 Å². The Morgan fingerprint density at radius 2 is 1.65 bits per heavy atom. The maximum atomic E-state index is 12.5. The molecule has 3 rings (SSSR count). The molecule has 1 heterocycles. The molecule has 0 unspecified atom stereocenters. The molecule has 0 saturated carbocycles. The third-order valence-corrected chi connectivity index (χ3v) is 9.12. The monoisotopic (exact) mass is 536 g/mol. The number of rotatable bonds is 14. The largest absolute Gasteiger partial charge is 0.391 e. The molecule has 7 heteroatoms. The van der Waals surface area contributed by atoms with Gasteiger partial charge in [-0.2, -0.15) is 5.26 Å². The predicted octanol–water partition coefficient (Wildman–Crippen LogP) is 6.82. The normalized spacial score (nSPS) is 12.3.